The summed E-state index contributed by atoms with van der Waals surface area (Å²) >= 11 is 0. The predicted octanol–water partition coefficient (Wildman–Crippen LogP) is 2.34. The van der Waals surface area contributed by atoms with Crippen LogP contribution < -0.4 is 0 Å². The average molecular weight is 267 g/mol. The number of amides is 1. The van der Waals surface area contributed by atoms with Gasteiger partial charge in [-0.3, -0.25) is 4.79 Å². The summed E-state index contributed by atoms with van der Waals surface area (Å²) in [5.74, 6) is -0.767. The van der Waals surface area contributed by atoms with E-state index < -0.39 is 18.2 Å². The number of hydrogen-bond acceptors (Lipinski definition) is 2. The van der Waals surface area contributed by atoms with Gasteiger partial charge in [-0.05, 0) is 25.2 Å². The summed E-state index contributed by atoms with van der Waals surface area (Å²) in [5.41, 5.74) is 0. The second-order valence-corrected chi connectivity index (χ2v) is 4.81. The molecule has 1 unspecified atom stereocenters. The van der Waals surface area contributed by atoms with E-state index in [1.807, 2.05) is 6.92 Å². The molecular weight excluding hydrogens is 247 g/mol. The highest BCUT2D eigenvalue weighted by molar-refractivity contribution is 5.76. The van der Waals surface area contributed by atoms with Gasteiger partial charge in [-0.15, -0.1) is 0 Å². The van der Waals surface area contributed by atoms with Gasteiger partial charge in [-0.25, -0.2) is 0 Å². The molecule has 106 valence electrons. The number of rotatable bonds is 4. The fraction of sp³-hybridized carbons (Fsp3) is 0.917. The molecule has 3 nitrogen and oxygen atoms in total. The van der Waals surface area contributed by atoms with Crippen molar-refractivity contribution in [2.75, 3.05) is 13.1 Å². The van der Waals surface area contributed by atoms with Crippen molar-refractivity contribution >= 4 is 5.91 Å². The van der Waals surface area contributed by atoms with E-state index in [2.05, 4.69) is 0 Å². The monoisotopic (exact) mass is 267 g/mol. The first kappa shape index (κ1) is 15.3. The van der Waals surface area contributed by atoms with Crippen LogP contribution in [0.15, 0.2) is 0 Å². The van der Waals surface area contributed by atoms with Crippen molar-refractivity contribution in [1.82, 2.24) is 4.90 Å². The molecule has 0 aromatic rings. The Balaban J connectivity index is 2.39. The molecule has 0 saturated carbocycles. The molecule has 1 aliphatic heterocycles. The summed E-state index contributed by atoms with van der Waals surface area (Å²) in [4.78, 5) is 13.3. The lowest BCUT2D eigenvalue weighted by molar-refractivity contribution is -0.222. The minimum absolute atomic E-state index is 0.0109. The summed E-state index contributed by atoms with van der Waals surface area (Å²) in [6, 6.07) is 0. The first-order chi connectivity index (χ1) is 8.36. The fourth-order valence-corrected chi connectivity index (χ4v) is 2.22. The second kappa shape index (κ2) is 6.41. The number of carbonyl (C=O) groups is 1. The molecule has 1 heterocycles. The Morgan fingerprint density at radius 1 is 1.39 bits per heavy atom. The minimum Gasteiger partial charge on any atom is -0.383 e. The second-order valence-electron chi connectivity index (χ2n) is 4.81. The molecule has 0 aromatic carbocycles. The van der Waals surface area contributed by atoms with E-state index in [-0.39, 0.29) is 18.7 Å². The number of unbranched alkanes of at least 4 members (excludes halogenated alkanes) is 1. The number of piperidine rings is 1. The largest absolute Gasteiger partial charge is 0.414 e. The topological polar surface area (TPSA) is 40.5 Å². The maximum Gasteiger partial charge on any atom is 0.414 e. The highest BCUT2D eigenvalue weighted by Crippen LogP contribution is 2.31. The van der Waals surface area contributed by atoms with Gasteiger partial charge in [0.15, 0.2) is 6.10 Å². The third-order valence-electron chi connectivity index (χ3n) is 3.42. The van der Waals surface area contributed by atoms with Gasteiger partial charge in [0.1, 0.15) is 0 Å². The van der Waals surface area contributed by atoms with Crippen LogP contribution in [0.25, 0.3) is 0 Å². The molecule has 1 aliphatic rings. The van der Waals surface area contributed by atoms with E-state index in [9.17, 15) is 18.0 Å². The van der Waals surface area contributed by atoms with Crippen LogP contribution in [0.3, 0.4) is 0 Å². The Morgan fingerprint density at radius 3 is 2.39 bits per heavy atom. The molecule has 1 rings (SSSR count). The van der Waals surface area contributed by atoms with Crippen LogP contribution in [0.2, 0.25) is 0 Å². The van der Waals surface area contributed by atoms with Gasteiger partial charge < -0.3 is 10.0 Å². The zero-order valence-electron chi connectivity index (χ0n) is 10.5. The van der Waals surface area contributed by atoms with Crippen molar-refractivity contribution < 1.29 is 23.1 Å². The van der Waals surface area contributed by atoms with Gasteiger partial charge >= 0.3 is 6.18 Å². The van der Waals surface area contributed by atoms with Crippen molar-refractivity contribution in [3.05, 3.63) is 0 Å². The predicted molar refractivity (Wildman–Crippen MR) is 60.9 cm³/mol. The molecule has 1 saturated heterocycles. The molecule has 0 spiro atoms. The number of alkyl halides is 3. The van der Waals surface area contributed by atoms with E-state index in [0.717, 1.165) is 12.8 Å². The number of likely N-dealkylation sites (tertiary alicyclic amines) is 1. The number of nitrogens with zero attached hydrogens (tertiary/aromatic N) is 1. The van der Waals surface area contributed by atoms with Crippen LogP contribution in [0.1, 0.15) is 39.0 Å². The average Bonchev–Trinajstić information content (AvgIpc) is 2.34. The molecule has 6 heteroatoms. The third kappa shape index (κ3) is 4.15. The van der Waals surface area contributed by atoms with Crippen LogP contribution in [0.5, 0.6) is 0 Å². The Hall–Kier alpha value is -0.780. The van der Waals surface area contributed by atoms with Gasteiger partial charge in [0, 0.05) is 19.5 Å². The van der Waals surface area contributed by atoms with Gasteiger partial charge in [-0.1, -0.05) is 13.3 Å². The zero-order chi connectivity index (χ0) is 13.8. The Morgan fingerprint density at radius 2 is 1.94 bits per heavy atom. The summed E-state index contributed by atoms with van der Waals surface area (Å²) in [6.07, 6.45) is -4.18. The molecule has 18 heavy (non-hydrogen) atoms. The Kier molecular flexibility index (Phi) is 5.44. The van der Waals surface area contributed by atoms with Crippen LogP contribution in [0, 0.1) is 5.92 Å². The lowest BCUT2D eigenvalue weighted by Gasteiger charge is -2.34. The molecule has 1 fully saturated rings. The van der Waals surface area contributed by atoms with Gasteiger partial charge in [-0.2, -0.15) is 13.2 Å². The van der Waals surface area contributed by atoms with Gasteiger partial charge in [0.2, 0.25) is 5.91 Å². The van der Waals surface area contributed by atoms with Crippen LogP contribution in [0.4, 0.5) is 13.2 Å². The van der Waals surface area contributed by atoms with Crippen LogP contribution in [-0.4, -0.2) is 41.3 Å². The van der Waals surface area contributed by atoms with Gasteiger partial charge in [0.05, 0.1) is 0 Å². The SMILES string of the molecule is CCCCC(=O)N1CCC(C(O)C(F)(F)F)CC1. The molecule has 0 aliphatic carbocycles. The minimum atomic E-state index is -4.56. The van der Waals surface area contributed by atoms with E-state index in [1.165, 1.54) is 0 Å². The Labute approximate surface area is 105 Å². The summed E-state index contributed by atoms with van der Waals surface area (Å²) < 4.78 is 37.0. The summed E-state index contributed by atoms with van der Waals surface area (Å²) in [6.45, 7) is 2.62. The normalized spacial score (nSPS) is 19.9. The molecule has 0 radical (unpaired) electrons. The molecule has 1 amide bonds. The zero-order valence-corrected chi connectivity index (χ0v) is 10.5. The van der Waals surface area contributed by atoms with E-state index in [0.29, 0.717) is 19.5 Å². The molecule has 1 N–H and O–H groups in total. The molecular formula is C12H20F3NO2. The van der Waals surface area contributed by atoms with E-state index in [4.69, 9.17) is 5.11 Å². The van der Waals surface area contributed by atoms with Crippen molar-refractivity contribution in [3.63, 3.8) is 0 Å². The highest BCUT2D eigenvalue weighted by Gasteiger charge is 2.44. The molecule has 0 aromatic heterocycles. The number of hydrogen-bond donors (Lipinski definition) is 1. The first-order valence-corrected chi connectivity index (χ1v) is 6.38. The van der Waals surface area contributed by atoms with Crippen LogP contribution in [-0.2, 0) is 4.79 Å². The first-order valence-electron chi connectivity index (χ1n) is 6.38. The van der Waals surface area contributed by atoms with Crippen molar-refractivity contribution in [2.45, 2.75) is 51.3 Å². The lowest BCUT2D eigenvalue weighted by Crippen LogP contribution is -2.45. The standard InChI is InChI=1S/C12H20F3NO2/c1-2-3-4-10(17)16-7-5-9(6-8-16)11(18)12(13,14)15/h9,11,18H,2-8H2,1H3. The number of carbonyl (C=O) groups excluding carboxylic acids is 1. The fourth-order valence-electron chi connectivity index (χ4n) is 2.22. The lowest BCUT2D eigenvalue weighted by atomic mass is 9.90. The number of aliphatic hydroxyl groups excluding tert-OH is 1. The quantitative estimate of drug-likeness (QED) is 0.849. The maximum atomic E-state index is 12.3. The summed E-state index contributed by atoms with van der Waals surface area (Å²) in [7, 11) is 0. The number of aliphatic hydroxyl groups is 1. The maximum absolute atomic E-state index is 12.3. The molecule has 0 bridgehead atoms. The van der Waals surface area contributed by atoms with Crippen molar-refractivity contribution in [3.8, 4) is 0 Å². The van der Waals surface area contributed by atoms with Crippen LogP contribution >= 0.6 is 0 Å². The smallest absolute Gasteiger partial charge is 0.383 e. The summed E-state index contributed by atoms with van der Waals surface area (Å²) in [5, 5.41) is 9.15. The molecule has 1 atom stereocenters. The van der Waals surface area contributed by atoms with E-state index in [1.54, 1.807) is 4.90 Å². The third-order valence-corrected chi connectivity index (χ3v) is 3.42. The van der Waals surface area contributed by atoms with Gasteiger partial charge in [0.25, 0.3) is 0 Å². The Bertz CT molecular complexity index is 273. The van der Waals surface area contributed by atoms with Crippen molar-refractivity contribution in [1.29, 1.82) is 0 Å². The highest BCUT2D eigenvalue weighted by atomic mass is 19.4. The van der Waals surface area contributed by atoms with Crippen molar-refractivity contribution in [2.24, 2.45) is 5.92 Å². The van der Waals surface area contributed by atoms with E-state index >= 15 is 0 Å². The number of halogens is 3.